The number of methoxy groups -OCH3 is 1. The molecule has 3 aromatic carbocycles. The molecule has 0 saturated heterocycles. The minimum absolute atomic E-state index is 0.218. The Morgan fingerprint density at radius 1 is 0.741 bits per heavy atom. The zero-order valence-corrected chi connectivity index (χ0v) is 15.2. The highest BCUT2D eigenvalue weighted by Crippen LogP contribution is 2.37. The van der Waals surface area contributed by atoms with Gasteiger partial charge in [-0.05, 0) is 29.1 Å². The van der Waals surface area contributed by atoms with E-state index in [0.29, 0.717) is 11.1 Å². The molecule has 4 aromatic rings. The number of nitrogens with zero attached hydrogens (tertiary/aromatic N) is 1. The number of hydrogen-bond acceptors (Lipinski definition) is 3. The standard InChI is InChI=1S/C23H19NO3/c1-26-18-13-14-19-20(15-18)23(25)24(27-2)22(17-11-7-4-8-12-17)21(19)16-9-5-3-6-10-16/h3-15H,1-2H3. The summed E-state index contributed by atoms with van der Waals surface area (Å²) in [6.07, 6.45) is 0. The van der Waals surface area contributed by atoms with E-state index < -0.39 is 0 Å². The number of rotatable bonds is 4. The van der Waals surface area contributed by atoms with Crippen molar-refractivity contribution >= 4 is 10.8 Å². The Hall–Kier alpha value is -3.53. The first-order valence-electron chi connectivity index (χ1n) is 8.66. The summed E-state index contributed by atoms with van der Waals surface area (Å²) in [5.41, 5.74) is 3.38. The van der Waals surface area contributed by atoms with Crippen LogP contribution in [0.3, 0.4) is 0 Å². The molecule has 0 radical (unpaired) electrons. The van der Waals surface area contributed by atoms with Gasteiger partial charge in [-0.2, -0.15) is 0 Å². The predicted molar refractivity (Wildman–Crippen MR) is 108 cm³/mol. The number of hydrogen-bond donors (Lipinski definition) is 0. The molecule has 0 aliphatic carbocycles. The highest BCUT2D eigenvalue weighted by molar-refractivity contribution is 6.02. The molecule has 27 heavy (non-hydrogen) atoms. The van der Waals surface area contributed by atoms with Gasteiger partial charge in [0.15, 0.2) is 0 Å². The van der Waals surface area contributed by atoms with Crippen molar-refractivity contribution < 1.29 is 9.57 Å². The number of fused-ring (bicyclic) bond motifs is 1. The molecule has 0 saturated carbocycles. The average Bonchev–Trinajstić information content (AvgIpc) is 2.74. The first kappa shape index (κ1) is 16.9. The van der Waals surface area contributed by atoms with Gasteiger partial charge in [-0.15, -0.1) is 4.73 Å². The average molecular weight is 357 g/mol. The van der Waals surface area contributed by atoms with Crippen LogP contribution in [-0.4, -0.2) is 19.0 Å². The summed E-state index contributed by atoms with van der Waals surface area (Å²) < 4.78 is 6.68. The van der Waals surface area contributed by atoms with Gasteiger partial charge in [0.25, 0.3) is 5.56 Å². The second-order valence-electron chi connectivity index (χ2n) is 6.15. The lowest BCUT2D eigenvalue weighted by atomic mass is 9.94. The third kappa shape index (κ3) is 2.85. The van der Waals surface area contributed by atoms with Crippen LogP contribution >= 0.6 is 0 Å². The number of ether oxygens (including phenoxy) is 1. The van der Waals surface area contributed by atoms with E-state index in [0.717, 1.165) is 27.8 Å². The molecule has 0 aliphatic heterocycles. The van der Waals surface area contributed by atoms with Crippen LogP contribution in [0.25, 0.3) is 33.2 Å². The van der Waals surface area contributed by atoms with Crippen molar-refractivity contribution in [3.8, 4) is 28.1 Å². The second kappa shape index (κ2) is 7.00. The smallest absolute Gasteiger partial charge is 0.291 e. The van der Waals surface area contributed by atoms with E-state index in [1.807, 2.05) is 72.8 Å². The van der Waals surface area contributed by atoms with Crippen LogP contribution in [0, 0.1) is 0 Å². The summed E-state index contributed by atoms with van der Waals surface area (Å²) in [7, 11) is 3.10. The van der Waals surface area contributed by atoms with Crippen LogP contribution in [0.1, 0.15) is 0 Å². The predicted octanol–water partition coefficient (Wildman–Crippen LogP) is 4.40. The normalized spacial score (nSPS) is 10.7. The highest BCUT2D eigenvalue weighted by atomic mass is 16.6. The zero-order valence-electron chi connectivity index (χ0n) is 15.2. The molecular weight excluding hydrogens is 338 g/mol. The van der Waals surface area contributed by atoms with Crippen LogP contribution in [0.5, 0.6) is 5.75 Å². The van der Waals surface area contributed by atoms with E-state index in [4.69, 9.17) is 9.57 Å². The van der Waals surface area contributed by atoms with Crippen molar-refractivity contribution in [3.63, 3.8) is 0 Å². The molecular formula is C23H19NO3. The fraction of sp³-hybridized carbons (Fsp3) is 0.0870. The summed E-state index contributed by atoms with van der Waals surface area (Å²) in [6, 6.07) is 25.4. The van der Waals surface area contributed by atoms with Gasteiger partial charge < -0.3 is 9.57 Å². The summed E-state index contributed by atoms with van der Waals surface area (Å²) >= 11 is 0. The van der Waals surface area contributed by atoms with Gasteiger partial charge in [0, 0.05) is 11.1 Å². The summed E-state index contributed by atoms with van der Waals surface area (Å²) in [5.74, 6) is 0.633. The van der Waals surface area contributed by atoms with Gasteiger partial charge in [-0.25, -0.2) is 0 Å². The fourth-order valence-corrected chi connectivity index (χ4v) is 3.41. The Balaban J connectivity index is 2.22. The first-order chi connectivity index (χ1) is 13.2. The number of benzene rings is 3. The quantitative estimate of drug-likeness (QED) is 0.543. The molecule has 0 aliphatic rings. The molecule has 1 aromatic heterocycles. The number of pyridine rings is 1. The van der Waals surface area contributed by atoms with Crippen molar-refractivity contribution in [2.75, 3.05) is 14.2 Å². The molecule has 0 atom stereocenters. The van der Waals surface area contributed by atoms with Crippen molar-refractivity contribution in [3.05, 3.63) is 89.2 Å². The molecule has 4 heteroatoms. The molecule has 0 N–H and O–H groups in total. The highest BCUT2D eigenvalue weighted by Gasteiger charge is 2.20. The van der Waals surface area contributed by atoms with Crippen molar-refractivity contribution in [2.24, 2.45) is 0 Å². The third-order valence-corrected chi connectivity index (χ3v) is 4.64. The van der Waals surface area contributed by atoms with Crippen LogP contribution in [0.15, 0.2) is 83.7 Å². The van der Waals surface area contributed by atoms with Crippen molar-refractivity contribution in [1.29, 1.82) is 0 Å². The summed E-state index contributed by atoms with van der Waals surface area (Å²) in [4.78, 5) is 18.7. The van der Waals surface area contributed by atoms with Crippen molar-refractivity contribution in [2.45, 2.75) is 0 Å². The lowest BCUT2D eigenvalue weighted by Crippen LogP contribution is -2.27. The summed E-state index contributed by atoms with van der Waals surface area (Å²) in [6.45, 7) is 0. The van der Waals surface area contributed by atoms with E-state index in [2.05, 4.69) is 0 Å². The molecule has 4 nitrogen and oxygen atoms in total. The van der Waals surface area contributed by atoms with Gasteiger partial charge in [-0.1, -0.05) is 60.7 Å². The molecule has 1 heterocycles. The van der Waals surface area contributed by atoms with Crippen LogP contribution in [0.2, 0.25) is 0 Å². The van der Waals surface area contributed by atoms with Gasteiger partial charge >= 0.3 is 0 Å². The fourth-order valence-electron chi connectivity index (χ4n) is 3.41. The molecule has 0 fully saturated rings. The summed E-state index contributed by atoms with van der Waals surface area (Å²) in [5, 5.41) is 1.41. The Morgan fingerprint density at radius 2 is 1.37 bits per heavy atom. The monoisotopic (exact) mass is 357 g/mol. The minimum atomic E-state index is -0.218. The van der Waals surface area contributed by atoms with Crippen LogP contribution in [-0.2, 0) is 0 Å². The molecule has 0 spiro atoms. The van der Waals surface area contributed by atoms with Crippen molar-refractivity contribution in [1.82, 2.24) is 4.73 Å². The maximum absolute atomic E-state index is 13.2. The molecule has 134 valence electrons. The Bertz CT molecular complexity index is 1150. The van der Waals surface area contributed by atoms with Crippen LogP contribution < -0.4 is 15.1 Å². The second-order valence-corrected chi connectivity index (χ2v) is 6.15. The van der Waals surface area contributed by atoms with E-state index in [1.165, 1.54) is 11.8 Å². The lowest BCUT2D eigenvalue weighted by Gasteiger charge is -2.19. The number of aromatic nitrogens is 1. The van der Waals surface area contributed by atoms with E-state index >= 15 is 0 Å². The SMILES string of the molecule is COc1ccc2c(-c3ccccc3)c(-c3ccccc3)n(OC)c(=O)c2c1. The first-order valence-corrected chi connectivity index (χ1v) is 8.66. The minimum Gasteiger partial charge on any atom is -0.497 e. The zero-order chi connectivity index (χ0) is 18.8. The largest absolute Gasteiger partial charge is 0.497 e. The molecule has 4 rings (SSSR count). The Labute approximate surface area is 157 Å². The van der Waals surface area contributed by atoms with E-state index in [1.54, 1.807) is 13.2 Å². The maximum Gasteiger partial charge on any atom is 0.291 e. The van der Waals surface area contributed by atoms with Gasteiger partial charge in [0.05, 0.1) is 18.2 Å². The Kier molecular flexibility index (Phi) is 4.38. The molecule has 0 amide bonds. The van der Waals surface area contributed by atoms with Gasteiger partial charge in [-0.3, -0.25) is 4.79 Å². The lowest BCUT2D eigenvalue weighted by molar-refractivity contribution is 0.163. The van der Waals surface area contributed by atoms with E-state index in [9.17, 15) is 4.79 Å². The van der Waals surface area contributed by atoms with E-state index in [-0.39, 0.29) is 5.56 Å². The third-order valence-electron chi connectivity index (χ3n) is 4.64. The maximum atomic E-state index is 13.2. The van der Waals surface area contributed by atoms with Gasteiger partial charge in [0.2, 0.25) is 0 Å². The van der Waals surface area contributed by atoms with Crippen LogP contribution in [0.4, 0.5) is 0 Å². The Morgan fingerprint density at radius 3 is 1.96 bits per heavy atom. The molecule has 0 unspecified atom stereocenters. The molecule has 0 bridgehead atoms. The topological polar surface area (TPSA) is 40.5 Å². The van der Waals surface area contributed by atoms with Gasteiger partial charge in [0.1, 0.15) is 12.9 Å².